The molecule has 5 nitrogen and oxygen atoms in total. The summed E-state index contributed by atoms with van der Waals surface area (Å²) in [6, 6.07) is 18.6. The molecule has 0 aliphatic heterocycles. The Bertz CT molecular complexity index is 1150. The molecule has 1 heterocycles. The summed E-state index contributed by atoms with van der Waals surface area (Å²) >= 11 is 1.45. The molecule has 27 heavy (non-hydrogen) atoms. The Kier molecular flexibility index (Phi) is 4.56. The molecule has 1 amide bonds. The molecule has 1 aromatic heterocycles. The lowest BCUT2D eigenvalue weighted by atomic mass is 10.1. The minimum Gasteiger partial charge on any atom is -0.449 e. The third kappa shape index (κ3) is 3.52. The molecule has 4 aromatic rings. The molecule has 0 fully saturated rings. The summed E-state index contributed by atoms with van der Waals surface area (Å²) in [6.07, 6.45) is -0.923. The van der Waals surface area contributed by atoms with Gasteiger partial charge in [0, 0.05) is 11.1 Å². The average molecular weight is 376 g/mol. The van der Waals surface area contributed by atoms with Crippen LogP contribution in [0.2, 0.25) is 0 Å². The van der Waals surface area contributed by atoms with E-state index in [1.165, 1.54) is 11.3 Å². The lowest BCUT2D eigenvalue weighted by Gasteiger charge is -2.15. The van der Waals surface area contributed by atoms with E-state index >= 15 is 0 Å². The molecule has 0 saturated carbocycles. The second-order valence-electron chi connectivity index (χ2n) is 6.10. The van der Waals surface area contributed by atoms with Gasteiger partial charge in [0.1, 0.15) is 0 Å². The largest absolute Gasteiger partial charge is 0.449 e. The number of amides is 1. The molecule has 3 aromatic carbocycles. The normalized spacial score (nSPS) is 12.0. The third-order valence-electron chi connectivity index (χ3n) is 4.27. The highest BCUT2D eigenvalue weighted by atomic mass is 32.1. The predicted octanol–water partition coefficient (Wildman–Crippen LogP) is 4.63. The predicted molar refractivity (Wildman–Crippen MR) is 107 cm³/mol. The fourth-order valence-corrected chi connectivity index (χ4v) is 3.55. The third-order valence-corrected chi connectivity index (χ3v) is 5.06. The Morgan fingerprint density at radius 3 is 2.78 bits per heavy atom. The number of carbonyl (C=O) groups is 2. The van der Waals surface area contributed by atoms with Crippen LogP contribution in [-0.4, -0.2) is 23.0 Å². The molecule has 0 aliphatic rings. The van der Waals surface area contributed by atoms with Crippen molar-refractivity contribution in [2.24, 2.45) is 0 Å². The lowest BCUT2D eigenvalue weighted by molar-refractivity contribution is -0.123. The number of esters is 1. The smallest absolute Gasteiger partial charge is 0.338 e. The van der Waals surface area contributed by atoms with Crippen molar-refractivity contribution in [2.75, 3.05) is 5.32 Å². The monoisotopic (exact) mass is 376 g/mol. The topological polar surface area (TPSA) is 68.3 Å². The molecule has 0 unspecified atom stereocenters. The minimum absolute atomic E-state index is 0.376. The quantitative estimate of drug-likeness (QED) is 0.527. The Labute approximate surface area is 159 Å². The fraction of sp³-hybridized carbons (Fsp3) is 0.0952. The maximum Gasteiger partial charge on any atom is 0.338 e. The van der Waals surface area contributed by atoms with E-state index in [4.69, 9.17) is 4.74 Å². The zero-order valence-electron chi connectivity index (χ0n) is 14.5. The Morgan fingerprint density at radius 1 is 1.07 bits per heavy atom. The van der Waals surface area contributed by atoms with Crippen LogP contribution >= 0.6 is 11.3 Å². The number of nitrogens with one attached hydrogen (secondary N) is 1. The van der Waals surface area contributed by atoms with Crippen LogP contribution in [0, 0.1) is 0 Å². The van der Waals surface area contributed by atoms with Crippen LogP contribution < -0.4 is 5.32 Å². The highest BCUT2D eigenvalue weighted by Gasteiger charge is 2.20. The van der Waals surface area contributed by atoms with Crippen molar-refractivity contribution < 1.29 is 14.3 Å². The number of thiazole rings is 1. The van der Waals surface area contributed by atoms with Crippen molar-refractivity contribution in [3.05, 3.63) is 71.7 Å². The number of nitrogens with zero attached hydrogens (tertiary/aromatic N) is 1. The molecule has 1 atom stereocenters. The molecule has 134 valence electrons. The second-order valence-corrected chi connectivity index (χ2v) is 6.98. The van der Waals surface area contributed by atoms with Crippen molar-refractivity contribution in [3.8, 4) is 0 Å². The van der Waals surface area contributed by atoms with E-state index in [1.54, 1.807) is 30.6 Å². The van der Waals surface area contributed by atoms with E-state index in [0.717, 1.165) is 21.0 Å². The van der Waals surface area contributed by atoms with Crippen LogP contribution in [0.15, 0.2) is 66.2 Å². The molecule has 6 heteroatoms. The summed E-state index contributed by atoms with van der Waals surface area (Å²) in [6.45, 7) is 1.56. The zero-order valence-corrected chi connectivity index (χ0v) is 15.3. The van der Waals surface area contributed by atoms with Gasteiger partial charge in [-0.3, -0.25) is 4.79 Å². The first-order valence-corrected chi connectivity index (χ1v) is 9.32. The van der Waals surface area contributed by atoms with E-state index in [2.05, 4.69) is 10.3 Å². The number of carbonyl (C=O) groups excluding carboxylic acids is 2. The molecule has 0 saturated heterocycles. The van der Waals surface area contributed by atoms with Gasteiger partial charge >= 0.3 is 5.97 Å². The van der Waals surface area contributed by atoms with Crippen molar-refractivity contribution >= 4 is 49.9 Å². The van der Waals surface area contributed by atoms with Crippen LogP contribution in [0.4, 0.5) is 5.69 Å². The van der Waals surface area contributed by atoms with Crippen LogP contribution in [0.1, 0.15) is 17.3 Å². The second kappa shape index (κ2) is 7.17. The Morgan fingerprint density at radius 2 is 1.89 bits per heavy atom. The first-order valence-electron chi connectivity index (χ1n) is 8.45. The number of hydrogen-bond donors (Lipinski definition) is 1. The number of fused-ring (bicyclic) bond motifs is 2. The van der Waals surface area contributed by atoms with Crippen LogP contribution in [0.3, 0.4) is 0 Å². The Balaban J connectivity index is 1.47. The highest BCUT2D eigenvalue weighted by Crippen LogP contribution is 2.23. The van der Waals surface area contributed by atoms with Crippen LogP contribution in [0.25, 0.3) is 21.0 Å². The highest BCUT2D eigenvalue weighted by molar-refractivity contribution is 7.16. The molecule has 0 bridgehead atoms. The van der Waals surface area contributed by atoms with Gasteiger partial charge in [-0.05, 0) is 36.6 Å². The van der Waals surface area contributed by atoms with E-state index in [1.807, 2.05) is 42.5 Å². The number of rotatable bonds is 4. The summed E-state index contributed by atoms with van der Waals surface area (Å²) in [5.74, 6) is -0.913. The number of anilines is 1. The van der Waals surface area contributed by atoms with E-state index in [0.29, 0.717) is 11.3 Å². The summed E-state index contributed by atoms with van der Waals surface area (Å²) in [7, 11) is 0. The minimum atomic E-state index is -0.923. The fourth-order valence-electron chi connectivity index (χ4n) is 2.83. The zero-order chi connectivity index (χ0) is 18.8. The molecule has 0 aliphatic carbocycles. The maximum atomic E-state index is 12.5. The summed E-state index contributed by atoms with van der Waals surface area (Å²) in [5, 5.41) is 4.80. The van der Waals surface area contributed by atoms with E-state index in [-0.39, 0.29) is 5.91 Å². The first-order chi connectivity index (χ1) is 13.1. The molecule has 1 N–H and O–H groups in total. The average Bonchev–Trinajstić information content (AvgIpc) is 3.16. The standard InChI is InChI=1S/C21H16N2O3S/c1-13(26-21(25)15-9-10-18-19(11-15)27-12-22-18)20(24)23-17-8-4-6-14-5-2-3-7-16(14)17/h2-13H,1H3,(H,23,24)/t13-/m0/s1. The van der Waals surface area contributed by atoms with Gasteiger partial charge in [0.05, 0.1) is 21.3 Å². The van der Waals surface area contributed by atoms with Gasteiger partial charge in [0.25, 0.3) is 5.91 Å². The van der Waals surface area contributed by atoms with Gasteiger partial charge in [-0.1, -0.05) is 36.4 Å². The molecular formula is C21H16N2O3S. The maximum absolute atomic E-state index is 12.5. The number of aromatic nitrogens is 1. The lowest BCUT2D eigenvalue weighted by Crippen LogP contribution is -2.30. The summed E-state index contributed by atoms with van der Waals surface area (Å²) in [5.41, 5.74) is 3.64. The summed E-state index contributed by atoms with van der Waals surface area (Å²) < 4.78 is 6.24. The SMILES string of the molecule is C[C@H](OC(=O)c1ccc2ncsc2c1)C(=O)Nc1cccc2ccccc12. The molecule has 4 rings (SSSR count). The number of hydrogen-bond acceptors (Lipinski definition) is 5. The van der Waals surface area contributed by atoms with Crippen molar-refractivity contribution in [1.82, 2.24) is 4.98 Å². The van der Waals surface area contributed by atoms with Crippen LogP contribution in [0.5, 0.6) is 0 Å². The number of benzene rings is 3. The van der Waals surface area contributed by atoms with Gasteiger partial charge in [-0.25, -0.2) is 9.78 Å². The molecular weight excluding hydrogens is 360 g/mol. The van der Waals surface area contributed by atoms with Crippen molar-refractivity contribution in [2.45, 2.75) is 13.0 Å². The van der Waals surface area contributed by atoms with Gasteiger partial charge in [-0.2, -0.15) is 0 Å². The van der Waals surface area contributed by atoms with Gasteiger partial charge < -0.3 is 10.1 Å². The van der Waals surface area contributed by atoms with Gasteiger partial charge in [0.15, 0.2) is 6.10 Å². The van der Waals surface area contributed by atoms with Crippen LogP contribution in [-0.2, 0) is 9.53 Å². The Hall–Kier alpha value is -3.25. The van der Waals surface area contributed by atoms with Gasteiger partial charge in [0.2, 0.25) is 0 Å². The van der Waals surface area contributed by atoms with Crippen molar-refractivity contribution in [1.29, 1.82) is 0 Å². The van der Waals surface area contributed by atoms with E-state index < -0.39 is 12.1 Å². The van der Waals surface area contributed by atoms with Gasteiger partial charge in [-0.15, -0.1) is 11.3 Å². The molecule has 0 spiro atoms. The first kappa shape index (κ1) is 17.2. The van der Waals surface area contributed by atoms with E-state index in [9.17, 15) is 9.59 Å². The van der Waals surface area contributed by atoms with Crippen molar-refractivity contribution in [3.63, 3.8) is 0 Å². The summed E-state index contributed by atoms with van der Waals surface area (Å²) in [4.78, 5) is 29.1. The molecule has 0 radical (unpaired) electrons. The number of ether oxygens (including phenoxy) is 1.